The van der Waals surface area contributed by atoms with Gasteiger partial charge in [-0.05, 0) is 48.9 Å². The molecule has 0 radical (unpaired) electrons. The fourth-order valence-electron chi connectivity index (χ4n) is 3.58. The van der Waals surface area contributed by atoms with Gasteiger partial charge < -0.3 is 14.4 Å². The fraction of sp³-hybridized carbons (Fsp3) is 0.409. The lowest BCUT2D eigenvalue weighted by molar-refractivity contribution is -0.134. The van der Waals surface area contributed by atoms with E-state index in [2.05, 4.69) is 11.9 Å². The summed E-state index contributed by atoms with van der Waals surface area (Å²) in [5.41, 5.74) is 2.07. The van der Waals surface area contributed by atoms with E-state index in [0.29, 0.717) is 37.4 Å². The molecular weight excluding hydrogens is 359 g/mol. The molecule has 0 aromatic heterocycles. The summed E-state index contributed by atoms with van der Waals surface area (Å²) in [6.07, 6.45) is 1.04. The van der Waals surface area contributed by atoms with Gasteiger partial charge in [0.2, 0.25) is 5.91 Å². The molecule has 0 aliphatic carbocycles. The summed E-state index contributed by atoms with van der Waals surface area (Å²) in [7, 11) is 5.31. The fourth-order valence-corrected chi connectivity index (χ4v) is 3.58. The Hall–Kier alpha value is -2.60. The second-order valence-corrected chi connectivity index (χ2v) is 7.08. The van der Waals surface area contributed by atoms with E-state index in [1.807, 2.05) is 23.1 Å². The Balaban J connectivity index is 1.66. The van der Waals surface area contributed by atoms with Crippen LogP contribution in [0, 0.1) is 5.82 Å². The van der Waals surface area contributed by atoms with E-state index in [1.54, 1.807) is 26.4 Å². The Labute approximate surface area is 165 Å². The molecule has 3 rings (SSSR count). The number of hydrogen-bond donors (Lipinski definition) is 0. The minimum absolute atomic E-state index is 0.100. The van der Waals surface area contributed by atoms with Crippen molar-refractivity contribution in [1.29, 1.82) is 0 Å². The van der Waals surface area contributed by atoms with Crippen molar-refractivity contribution in [2.75, 3.05) is 40.9 Å². The van der Waals surface area contributed by atoms with E-state index in [9.17, 15) is 9.18 Å². The van der Waals surface area contributed by atoms with Crippen LogP contribution in [0.4, 0.5) is 4.39 Å². The minimum atomic E-state index is -0.257. The monoisotopic (exact) mass is 386 g/mol. The van der Waals surface area contributed by atoms with Gasteiger partial charge in [-0.25, -0.2) is 4.39 Å². The van der Waals surface area contributed by atoms with Crippen molar-refractivity contribution in [1.82, 2.24) is 9.80 Å². The first-order valence-electron chi connectivity index (χ1n) is 9.46. The molecule has 6 heteroatoms. The number of halogens is 1. The molecule has 1 aliphatic heterocycles. The predicted molar refractivity (Wildman–Crippen MR) is 106 cm³/mol. The zero-order valence-corrected chi connectivity index (χ0v) is 16.7. The van der Waals surface area contributed by atoms with Crippen LogP contribution in [0.3, 0.4) is 0 Å². The van der Waals surface area contributed by atoms with E-state index >= 15 is 0 Å². The molecule has 1 heterocycles. The lowest BCUT2D eigenvalue weighted by atomic mass is 10.0. The number of carbonyl (C=O) groups excluding carboxylic acids is 1. The zero-order chi connectivity index (χ0) is 20.1. The third-order valence-electron chi connectivity index (χ3n) is 5.33. The molecule has 0 N–H and O–H groups in total. The Morgan fingerprint density at radius 1 is 1.07 bits per heavy atom. The van der Waals surface area contributed by atoms with Crippen LogP contribution in [0.1, 0.15) is 23.6 Å². The maximum absolute atomic E-state index is 13.0. The highest BCUT2D eigenvalue weighted by atomic mass is 19.1. The molecule has 5 nitrogen and oxygen atoms in total. The maximum Gasteiger partial charge on any atom is 0.223 e. The molecule has 1 saturated heterocycles. The van der Waals surface area contributed by atoms with E-state index in [1.165, 1.54) is 12.1 Å². The molecule has 1 fully saturated rings. The van der Waals surface area contributed by atoms with Gasteiger partial charge in [-0.15, -0.1) is 0 Å². The van der Waals surface area contributed by atoms with Gasteiger partial charge in [-0.2, -0.15) is 0 Å². The van der Waals surface area contributed by atoms with E-state index in [4.69, 9.17) is 9.47 Å². The Bertz CT molecular complexity index is 810. The minimum Gasteiger partial charge on any atom is -0.493 e. The van der Waals surface area contributed by atoms with Crippen molar-refractivity contribution in [2.24, 2.45) is 0 Å². The number of hydrogen-bond acceptors (Lipinski definition) is 4. The second-order valence-electron chi connectivity index (χ2n) is 7.08. The summed E-state index contributed by atoms with van der Waals surface area (Å²) in [5, 5.41) is 0. The van der Waals surface area contributed by atoms with Gasteiger partial charge >= 0.3 is 0 Å². The number of piperazine rings is 1. The lowest BCUT2D eigenvalue weighted by Gasteiger charge is -2.40. The zero-order valence-electron chi connectivity index (χ0n) is 16.7. The molecule has 0 spiro atoms. The van der Waals surface area contributed by atoms with Crippen molar-refractivity contribution in [2.45, 2.75) is 18.9 Å². The molecule has 1 amide bonds. The number of aryl methyl sites for hydroxylation is 1. The first-order valence-corrected chi connectivity index (χ1v) is 9.46. The number of carbonyl (C=O) groups is 1. The SMILES string of the molecule is COc1ccc(C2CN(C(=O)CCc3ccc(F)cc3)CCN2C)cc1OC. The number of methoxy groups -OCH3 is 2. The molecule has 150 valence electrons. The maximum atomic E-state index is 13.0. The molecule has 0 bridgehead atoms. The molecule has 28 heavy (non-hydrogen) atoms. The number of ether oxygens (including phenoxy) is 2. The molecule has 0 saturated carbocycles. The van der Waals surface area contributed by atoms with E-state index < -0.39 is 0 Å². The molecular formula is C22H27FN2O3. The van der Waals surface area contributed by atoms with Gasteiger partial charge in [0.25, 0.3) is 0 Å². The van der Waals surface area contributed by atoms with Crippen LogP contribution in [-0.2, 0) is 11.2 Å². The summed E-state index contributed by atoms with van der Waals surface area (Å²) >= 11 is 0. The highest BCUT2D eigenvalue weighted by Crippen LogP contribution is 2.33. The third-order valence-corrected chi connectivity index (χ3v) is 5.33. The van der Waals surface area contributed by atoms with Crippen LogP contribution in [0.5, 0.6) is 11.5 Å². The van der Waals surface area contributed by atoms with Gasteiger partial charge in [0, 0.05) is 26.1 Å². The first-order chi connectivity index (χ1) is 13.5. The summed E-state index contributed by atoms with van der Waals surface area (Å²) in [6.45, 7) is 2.15. The quantitative estimate of drug-likeness (QED) is 0.764. The number of rotatable bonds is 6. The topological polar surface area (TPSA) is 42.0 Å². The van der Waals surface area contributed by atoms with E-state index in [0.717, 1.165) is 17.7 Å². The molecule has 1 atom stereocenters. The second kappa shape index (κ2) is 9.06. The number of likely N-dealkylation sites (N-methyl/N-ethyl adjacent to an activating group) is 1. The van der Waals surface area contributed by atoms with Crippen LogP contribution in [0.15, 0.2) is 42.5 Å². The van der Waals surface area contributed by atoms with Crippen LogP contribution in [-0.4, -0.2) is 56.6 Å². The van der Waals surface area contributed by atoms with E-state index in [-0.39, 0.29) is 17.8 Å². The lowest BCUT2D eigenvalue weighted by Crippen LogP contribution is -2.49. The predicted octanol–water partition coefficient (Wildman–Crippen LogP) is 3.29. The molecule has 2 aromatic rings. The largest absolute Gasteiger partial charge is 0.493 e. The average Bonchev–Trinajstić information content (AvgIpc) is 2.73. The van der Waals surface area contributed by atoms with Crippen LogP contribution >= 0.6 is 0 Å². The van der Waals surface area contributed by atoms with Gasteiger partial charge in [-0.3, -0.25) is 9.69 Å². The third kappa shape index (κ3) is 4.62. The average molecular weight is 386 g/mol. The van der Waals surface area contributed by atoms with Crippen molar-refractivity contribution in [3.63, 3.8) is 0 Å². The summed E-state index contributed by atoms with van der Waals surface area (Å²) in [5.74, 6) is 1.25. The van der Waals surface area contributed by atoms with Crippen LogP contribution in [0.2, 0.25) is 0 Å². The summed E-state index contributed by atoms with van der Waals surface area (Å²) in [6, 6.07) is 12.3. The van der Waals surface area contributed by atoms with Crippen molar-refractivity contribution in [3.8, 4) is 11.5 Å². The smallest absolute Gasteiger partial charge is 0.223 e. The Morgan fingerprint density at radius 2 is 1.79 bits per heavy atom. The van der Waals surface area contributed by atoms with Gasteiger partial charge in [-0.1, -0.05) is 18.2 Å². The summed E-state index contributed by atoms with van der Waals surface area (Å²) in [4.78, 5) is 16.9. The molecule has 2 aromatic carbocycles. The normalized spacial score (nSPS) is 17.4. The Morgan fingerprint density at radius 3 is 2.46 bits per heavy atom. The number of nitrogens with zero attached hydrogens (tertiary/aromatic N) is 2. The standard InChI is InChI=1S/C22H27FN2O3/c1-24-12-13-25(22(26)11-6-16-4-8-18(23)9-5-16)15-19(24)17-7-10-20(27-2)21(14-17)28-3/h4-5,7-10,14,19H,6,11-13,15H2,1-3H3. The summed E-state index contributed by atoms with van der Waals surface area (Å²) < 4.78 is 23.8. The van der Waals surface area contributed by atoms with Gasteiger partial charge in [0.1, 0.15) is 5.82 Å². The highest BCUT2D eigenvalue weighted by Gasteiger charge is 2.28. The van der Waals surface area contributed by atoms with Crippen molar-refractivity contribution < 1.29 is 18.7 Å². The molecule has 1 unspecified atom stereocenters. The first kappa shape index (κ1) is 20.1. The molecule has 1 aliphatic rings. The number of amides is 1. The van der Waals surface area contributed by atoms with Crippen LogP contribution < -0.4 is 9.47 Å². The van der Waals surface area contributed by atoms with Gasteiger partial charge in [0.05, 0.1) is 20.3 Å². The van der Waals surface area contributed by atoms with Gasteiger partial charge in [0.15, 0.2) is 11.5 Å². The van der Waals surface area contributed by atoms with Crippen LogP contribution in [0.25, 0.3) is 0 Å². The Kier molecular flexibility index (Phi) is 6.52. The van der Waals surface area contributed by atoms with Crippen molar-refractivity contribution in [3.05, 3.63) is 59.4 Å². The number of benzene rings is 2. The van der Waals surface area contributed by atoms with Crippen molar-refractivity contribution >= 4 is 5.91 Å². The highest BCUT2D eigenvalue weighted by molar-refractivity contribution is 5.76.